The monoisotopic (exact) mass is 434 g/mol. The zero-order chi connectivity index (χ0) is 18.1. The second-order valence-corrected chi connectivity index (χ2v) is 7.18. The summed E-state index contributed by atoms with van der Waals surface area (Å²) in [6.45, 7) is 0.910. The lowest BCUT2D eigenvalue weighted by atomic mass is 10.1. The molecule has 0 bridgehead atoms. The topological polar surface area (TPSA) is 60.5 Å². The maximum atomic E-state index is 13.1. The smallest absolute Gasteiger partial charge is 0.256 e. The van der Waals surface area contributed by atoms with Gasteiger partial charge in [-0.1, -0.05) is 0 Å². The number of nitrogens with zero attached hydrogens (tertiary/aromatic N) is 1. The van der Waals surface area contributed by atoms with E-state index in [0.717, 1.165) is 5.56 Å². The maximum Gasteiger partial charge on any atom is 0.256 e. The van der Waals surface area contributed by atoms with Gasteiger partial charge >= 0.3 is 0 Å². The van der Waals surface area contributed by atoms with Gasteiger partial charge in [0.05, 0.1) is 9.98 Å². The predicted octanol–water partition coefficient (Wildman–Crippen LogP) is 4.74. The molecular weight excluding hydrogens is 423 g/mol. The summed E-state index contributed by atoms with van der Waals surface area (Å²) in [6, 6.07) is 9.30. The fourth-order valence-electron chi connectivity index (χ4n) is 2.57. The van der Waals surface area contributed by atoms with Gasteiger partial charge in [-0.25, -0.2) is 9.37 Å². The number of aromatic nitrogens is 1. The summed E-state index contributed by atoms with van der Waals surface area (Å²) in [5.41, 5.74) is 3.39. The molecule has 0 fully saturated rings. The van der Waals surface area contributed by atoms with Gasteiger partial charge < -0.3 is 14.8 Å². The number of halogens is 2. The number of ether oxygens (including phenoxy) is 2. The largest absolute Gasteiger partial charge is 0.486 e. The molecular formula is C18H12BrFN2O3S. The molecule has 8 heteroatoms. The molecule has 1 aliphatic rings. The number of anilines is 1. The van der Waals surface area contributed by atoms with Crippen molar-refractivity contribution < 1.29 is 18.7 Å². The standard InChI is InChI=1S/C18H12BrFN2O3S/c19-13-7-11(8-14-16(13)25-6-5-24-14)17(23)22-18-15(21-9-26-18)10-1-3-12(20)4-2-10/h1-4,7-9H,5-6H2,(H,22,23). The molecule has 1 amide bonds. The summed E-state index contributed by atoms with van der Waals surface area (Å²) in [7, 11) is 0. The summed E-state index contributed by atoms with van der Waals surface area (Å²) in [4.78, 5) is 17.0. The summed E-state index contributed by atoms with van der Waals surface area (Å²) in [5.74, 6) is 0.502. The van der Waals surface area contributed by atoms with Gasteiger partial charge in [-0.15, -0.1) is 11.3 Å². The summed E-state index contributed by atoms with van der Waals surface area (Å²) in [6.07, 6.45) is 0. The number of hydrogen-bond acceptors (Lipinski definition) is 5. The Kier molecular flexibility index (Phi) is 4.60. The van der Waals surface area contributed by atoms with Crippen LogP contribution in [0.3, 0.4) is 0 Å². The van der Waals surface area contributed by atoms with E-state index >= 15 is 0 Å². The van der Waals surface area contributed by atoms with E-state index in [-0.39, 0.29) is 11.7 Å². The van der Waals surface area contributed by atoms with Crippen LogP contribution in [0.1, 0.15) is 10.4 Å². The number of carbonyl (C=O) groups is 1. The molecule has 1 N–H and O–H groups in total. The zero-order valence-electron chi connectivity index (χ0n) is 13.3. The van der Waals surface area contributed by atoms with Crippen molar-refractivity contribution >= 4 is 38.2 Å². The molecule has 4 rings (SSSR count). The van der Waals surface area contributed by atoms with Crippen molar-refractivity contribution in [3.8, 4) is 22.8 Å². The van der Waals surface area contributed by atoms with Crippen molar-refractivity contribution in [1.29, 1.82) is 0 Å². The molecule has 3 aromatic rings. The van der Waals surface area contributed by atoms with Crippen molar-refractivity contribution in [3.63, 3.8) is 0 Å². The third-order valence-electron chi connectivity index (χ3n) is 3.77. The Labute approximate surface area is 160 Å². The second-order valence-electron chi connectivity index (χ2n) is 5.47. The van der Waals surface area contributed by atoms with Crippen LogP contribution in [0.25, 0.3) is 11.3 Å². The number of carbonyl (C=O) groups excluding carboxylic acids is 1. The molecule has 0 aliphatic carbocycles. The van der Waals surface area contributed by atoms with Crippen molar-refractivity contribution in [2.24, 2.45) is 0 Å². The van der Waals surface area contributed by atoms with Gasteiger partial charge in [0.2, 0.25) is 0 Å². The van der Waals surface area contributed by atoms with Crippen molar-refractivity contribution in [2.75, 3.05) is 18.5 Å². The van der Waals surface area contributed by atoms with Crippen LogP contribution in [0.5, 0.6) is 11.5 Å². The lowest BCUT2D eigenvalue weighted by Gasteiger charge is -2.20. The van der Waals surface area contributed by atoms with Crippen molar-refractivity contribution in [3.05, 3.63) is 57.8 Å². The van der Waals surface area contributed by atoms with Gasteiger partial charge in [0.15, 0.2) is 11.5 Å². The van der Waals surface area contributed by atoms with Gasteiger partial charge in [0, 0.05) is 11.1 Å². The first-order valence-corrected chi connectivity index (χ1v) is 9.39. The molecule has 1 aromatic heterocycles. The third kappa shape index (κ3) is 3.30. The van der Waals surface area contributed by atoms with E-state index < -0.39 is 0 Å². The van der Waals surface area contributed by atoms with E-state index in [2.05, 4.69) is 26.2 Å². The highest BCUT2D eigenvalue weighted by molar-refractivity contribution is 9.10. The average Bonchev–Trinajstić information content (AvgIpc) is 3.10. The Balaban J connectivity index is 1.61. The Morgan fingerprint density at radius 1 is 1.19 bits per heavy atom. The minimum atomic E-state index is -0.323. The van der Waals surface area contributed by atoms with Gasteiger partial charge in [-0.05, 0) is 52.3 Å². The van der Waals surface area contributed by atoms with Crippen LogP contribution in [-0.4, -0.2) is 24.1 Å². The van der Waals surface area contributed by atoms with Gasteiger partial charge in [-0.2, -0.15) is 0 Å². The number of fused-ring (bicyclic) bond motifs is 1. The summed E-state index contributed by atoms with van der Waals surface area (Å²) >= 11 is 4.71. The summed E-state index contributed by atoms with van der Waals surface area (Å²) < 4.78 is 24.9. The van der Waals surface area contributed by atoms with Crippen LogP contribution in [0.2, 0.25) is 0 Å². The quantitative estimate of drug-likeness (QED) is 0.646. The van der Waals surface area contributed by atoms with E-state index in [9.17, 15) is 9.18 Å². The molecule has 5 nitrogen and oxygen atoms in total. The molecule has 0 radical (unpaired) electrons. The summed E-state index contributed by atoms with van der Waals surface area (Å²) in [5, 5.41) is 3.45. The van der Waals surface area contributed by atoms with Gasteiger partial charge in [-0.3, -0.25) is 4.79 Å². The van der Waals surface area contributed by atoms with Gasteiger partial charge in [0.25, 0.3) is 5.91 Å². The molecule has 0 unspecified atom stereocenters. The minimum absolute atomic E-state index is 0.296. The van der Waals surface area contributed by atoms with E-state index in [1.807, 2.05) is 0 Å². The Hall–Kier alpha value is -2.45. The third-order valence-corrected chi connectivity index (χ3v) is 5.10. The molecule has 0 saturated carbocycles. The van der Waals surface area contributed by atoms with Crippen molar-refractivity contribution in [2.45, 2.75) is 0 Å². The van der Waals surface area contributed by atoms with Crippen LogP contribution in [0, 0.1) is 5.82 Å². The predicted molar refractivity (Wildman–Crippen MR) is 101 cm³/mol. The second kappa shape index (κ2) is 7.05. The molecule has 132 valence electrons. The number of rotatable bonds is 3. The number of hydrogen-bond donors (Lipinski definition) is 1. The molecule has 1 aliphatic heterocycles. The lowest BCUT2D eigenvalue weighted by Crippen LogP contribution is -2.17. The number of nitrogens with one attached hydrogen (secondary N) is 1. The van der Waals surface area contributed by atoms with Crippen LogP contribution >= 0.6 is 27.3 Å². The van der Waals surface area contributed by atoms with Gasteiger partial charge in [0.1, 0.15) is 29.7 Å². The maximum absolute atomic E-state index is 13.1. The average molecular weight is 435 g/mol. The molecule has 2 heterocycles. The van der Waals surface area contributed by atoms with E-state index in [4.69, 9.17) is 9.47 Å². The first-order chi connectivity index (χ1) is 12.6. The highest BCUT2D eigenvalue weighted by atomic mass is 79.9. The molecule has 26 heavy (non-hydrogen) atoms. The Morgan fingerprint density at radius 2 is 1.96 bits per heavy atom. The Bertz CT molecular complexity index is 975. The molecule has 2 aromatic carbocycles. The van der Waals surface area contributed by atoms with Crippen molar-refractivity contribution in [1.82, 2.24) is 4.98 Å². The molecule has 0 spiro atoms. The normalized spacial score (nSPS) is 12.7. The highest BCUT2D eigenvalue weighted by Crippen LogP contribution is 2.39. The molecule has 0 atom stereocenters. The number of benzene rings is 2. The van der Waals surface area contributed by atoms with E-state index in [1.54, 1.807) is 29.8 Å². The van der Waals surface area contributed by atoms with E-state index in [0.29, 0.717) is 45.4 Å². The van der Waals surface area contributed by atoms with Crippen LogP contribution in [0.4, 0.5) is 9.39 Å². The SMILES string of the molecule is O=C(Nc1scnc1-c1ccc(F)cc1)c1cc(Br)c2c(c1)OCCO2. The highest BCUT2D eigenvalue weighted by Gasteiger charge is 2.20. The number of thiazole rings is 1. The van der Waals surface area contributed by atoms with Crippen LogP contribution in [0.15, 0.2) is 46.4 Å². The first kappa shape index (κ1) is 17.0. The fraction of sp³-hybridized carbons (Fsp3) is 0.111. The number of amides is 1. The van der Waals surface area contributed by atoms with Crippen LogP contribution in [-0.2, 0) is 0 Å². The lowest BCUT2D eigenvalue weighted by molar-refractivity contribution is 0.102. The van der Waals surface area contributed by atoms with Crippen LogP contribution < -0.4 is 14.8 Å². The Morgan fingerprint density at radius 3 is 2.77 bits per heavy atom. The zero-order valence-corrected chi connectivity index (χ0v) is 15.7. The molecule has 0 saturated heterocycles. The fourth-order valence-corrected chi connectivity index (χ4v) is 3.82. The van der Waals surface area contributed by atoms with E-state index in [1.165, 1.54) is 23.5 Å². The first-order valence-electron chi connectivity index (χ1n) is 7.72. The minimum Gasteiger partial charge on any atom is -0.486 e.